The van der Waals surface area contributed by atoms with E-state index < -0.39 is 35.4 Å². The van der Waals surface area contributed by atoms with Gasteiger partial charge in [0, 0.05) is 29.2 Å². The van der Waals surface area contributed by atoms with Crippen LogP contribution in [0.4, 0.5) is 0 Å². The Balaban J connectivity index is 1.53. The summed E-state index contributed by atoms with van der Waals surface area (Å²) in [6.07, 6.45) is 1.82. The zero-order chi connectivity index (χ0) is 39.9. The Labute approximate surface area is 318 Å². The van der Waals surface area contributed by atoms with Crippen molar-refractivity contribution in [1.82, 2.24) is 0 Å². The largest absolute Gasteiger partial charge is 0.459 e. The number of ether oxygens (including phenoxy) is 6. The van der Waals surface area contributed by atoms with E-state index in [1.165, 1.54) is 55.8 Å². The molecule has 55 heavy (non-hydrogen) atoms. The summed E-state index contributed by atoms with van der Waals surface area (Å²) in [6.45, 7) is 10.6. The van der Waals surface area contributed by atoms with E-state index in [0.29, 0.717) is 17.1 Å². The van der Waals surface area contributed by atoms with E-state index in [0.717, 1.165) is 12.5 Å². The molecule has 4 aromatic rings. The second-order valence-electron chi connectivity index (χ2n) is 12.0. The lowest BCUT2D eigenvalue weighted by atomic mass is 9.98. The number of aryl methyl sites for hydroxylation is 1. The van der Waals surface area contributed by atoms with Gasteiger partial charge in [0.15, 0.2) is 11.6 Å². The standard InChI is InChI=1S/C43H40O12/c1-6-29-8-12-31(13-9-29)54-32-14-10-30(11-15-32)24-39(45)36-19-17-34(26-38(36)43(49)52-21-20-50-40(46)7-2)55-33-16-18-35(28(5)44)37(25-33)42(48)53-23-22-51-41(47)27(3)4/h7-19,25-26H,2-3,6,20-24H2,1,4-5H3. The Bertz CT molecular complexity index is 2080. The van der Waals surface area contributed by atoms with Gasteiger partial charge in [-0.25, -0.2) is 19.2 Å². The second-order valence-corrected chi connectivity index (χ2v) is 12.0. The molecule has 12 nitrogen and oxygen atoms in total. The van der Waals surface area contributed by atoms with E-state index in [1.807, 2.05) is 24.3 Å². The van der Waals surface area contributed by atoms with Crippen LogP contribution in [0, 0.1) is 0 Å². The number of rotatable bonds is 19. The van der Waals surface area contributed by atoms with E-state index in [9.17, 15) is 28.8 Å². The predicted molar refractivity (Wildman–Crippen MR) is 201 cm³/mol. The van der Waals surface area contributed by atoms with Gasteiger partial charge in [-0.05, 0) is 92.1 Å². The van der Waals surface area contributed by atoms with Gasteiger partial charge >= 0.3 is 23.9 Å². The summed E-state index contributed by atoms with van der Waals surface area (Å²) >= 11 is 0. The van der Waals surface area contributed by atoms with Gasteiger partial charge in [0.1, 0.15) is 49.4 Å². The molecule has 0 aliphatic heterocycles. The zero-order valence-corrected chi connectivity index (χ0v) is 30.7. The summed E-state index contributed by atoms with van der Waals surface area (Å²) in [5.74, 6) is -2.45. The van der Waals surface area contributed by atoms with Crippen LogP contribution in [0.2, 0.25) is 0 Å². The first kappa shape index (κ1) is 40.9. The Morgan fingerprint density at radius 1 is 0.564 bits per heavy atom. The number of carbonyl (C=O) groups is 6. The summed E-state index contributed by atoms with van der Waals surface area (Å²) in [5, 5.41) is 0. The molecule has 0 saturated heterocycles. The molecule has 0 spiro atoms. The molecule has 0 fully saturated rings. The third-order valence-electron chi connectivity index (χ3n) is 7.82. The minimum absolute atomic E-state index is 0.0420. The normalized spacial score (nSPS) is 10.4. The minimum atomic E-state index is -0.884. The van der Waals surface area contributed by atoms with Crippen molar-refractivity contribution in [2.75, 3.05) is 26.4 Å². The number of Topliss-reactive ketones (excluding diaryl/α,β-unsaturated/α-hetero) is 2. The average Bonchev–Trinajstić information content (AvgIpc) is 3.18. The number of hydrogen-bond donors (Lipinski definition) is 0. The van der Waals surface area contributed by atoms with Crippen LogP contribution in [0.1, 0.15) is 73.3 Å². The quantitative estimate of drug-likeness (QED) is 0.0304. The van der Waals surface area contributed by atoms with Crippen LogP contribution in [0.25, 0.3) is 0 Å². The maximum atomic E-state index is 13.6. The second kappa shape index (κ2) is 19.9. The Hall–Kier alpha value is -6.82. The lowest BCUT2D eigenvalue weighted by molar-refractivity contribution is -0.140. The van der Waals surface area contributed by atoms with E-state index in [4.69, 9.17) is 28.4 Å². The Morgan fingerprint density at radius 3 is 1.53 bits per heavy atom. The van der Waals surface area contributed by atoms with Crippen LogP contribution < -0.4 is 9.47 Å². The Kier molecular flexibility index (Phi) is 14.8. The van der Waals surface area contributed by atoms with Gasteiger partial charge in [-0.15, -0.1) is 0 Å². The first-order valence-corrected chi connectivity index (χ1v) is 17.2. The molecule has 0 aliphatic carbocycles. The maximum Gasteiger partial charge on any atom is 0.339 e. The summed E-state index contributed by atoms with van der Waals surface area (Å²) in [6, 6.07) is 23.0. The monoisotopic (exact) mass is 748 g/mol. The first-order chi connectivity index (χ1) is 26.4. The number of ketones is 2. The van der Waals surface area contributed by atoms with Crippen LogP contribution in [-0.2, 0) is 41.4 Å². The molecule has 284 valence electrons. The molecule has 12 heteroatoms. The summed E-state index contributed by atoms with van der Waals surface area (Å²) in [5.41, 5.74) is 1.90. The fourth-order valence-corrected chi connectivity index (χ4v) is 4.97. The van der Waals surface area contributed by atoms with E-state index in [2.05, 4.69) is 20.1 Å². The molecule has 0 amide bonds. The fourth-order valence-electron chi connectivity index (χ4n) is 4.97. The summed E-state index contributed by atoms with van der Waals surface area (Å²) in [4.78, 5) is 75.2. The van der Waals surface area contributed by atoms with Gasteiger partial charge in [-0.2, -0.15) is 0 Å². The highest BCUT2D eigenvalue weighted by molar-refractivity contribution is 6.07. The highest BCUT2D eigenvalue weighted by atomic mass is 16.6. The van der Waals surface area contributed by atoms with Gasteiger partial charge in [0.25, 0.3) is 0 Å². The van der Waals surface area contributed by atoms with Gasteiger partial charge in [-0.3, -0.25) is 9.59 Å². The molecule has 0 heterocycles. The van der Waals surface area contributed by atoms with Crippen molar-refractivity contribution in [3.05, 3.63) is 143 Å². The number of hydrogen-bond acceptors (Lipinski definition) is 12. The molecule has 0 aliphatic rings. The van der Waals surface area contributed by atoms with Crippen LogP contribution in [0.5, 0.6) is 23.0 Å². The molecule has 0 N–H and O–H groups in total. The maximum absolute atomic E-state index is 13.6. The number of carbonyl (C=O) groups excluding carboxylic acids is 6. The molecular formula is C43H40O12. The van der Waals surface area contributed by atoms with Crippen molar-refractivity contribution in [2.45, 2.75) is 33.6 Å². The van der Waals surface area contributed by atoms with Gasteiger partial charge in [0.05, 0.1) is 11.1 Å². The third kappa shape index (κ3) is 12.1. The highest BCUT2D eigenvalue weighted by Crippen LogP contribution is 2.29. The number of esters is 4. The molecule has 0 unspecified atom stereocenters. The third-order valence-corrected chi connectivity index (χ3v) is 7.82. The smallest absolute Gasteiger partial charge is 0.339 e. The molecule has 0 aromatic heterocycles. The molecule has 4 aromatic carbocycles. The zero-order valence-electron chi connectivity index (χ0n) is 30.7. The van der Waals surface area contributed by atoms with Crippen molar-refractivity contribution in [3.8, 4) is 23.0 Å². The molecular weight excluding hydrogens is 708 g/mol. The van der Waals surface area contributed by atoms with Crippen molar-refractivity contribution >= 4 is 35.4 Å². The highest BCUT2D eigenvalue weighted by Gasteiger charge is 2.22. The lowest BCUT2D eigenvalue weighted by Crippen LogP contribution is -2.17. The van der Waals surface area contributed by atoms with Gasteiger partial charge < -0.3 is 28.4 Å². The SMILES string of the molecule is C=CC(=O)OCCOC(=O)c1cc(Oc2ccc(C(C)=O)c(C(=O)OCCOC(=O)C(=C)C)c2)ccc1C(=O)Cc1ccc(Oc2ccc(CC)cc2)cc1. The van der Waals surface area contributed by atoms with Crippen molar-refractivity contribution < 1.29 is 57.2 Å². The summed E-state index contributed by atoms with van der Waals surface area (Å²) < 4.78 is 32.2. The van der Waals surface area contributed by atoms with E-state index in [-0.39, 0.29) is 72.2 Å². The van der Waals surface area contributed by atoms with Gasteiger partial charge in [-0.1, -0.05) is 44.3 Å². The molecule has 0 saturated carbocycles. The summed E-state index contributed by atoms with van der Waals surface area (Å²) in [7, 11) is 0. The molecule has 0 radical (unpaired) electrons. The van der Waals surface area contributed by atoms with Gasteiger partial charge in [0.2, 0.25) is 0 Å². The van der Waals surface area contributed by atoms with Crippen LogP contribution in [-0.4, -0.2) is 61.9 Å². The minimum Gasteiger partial charge on any atom is -0.459 e. The molecule has 0 bridgehead atoms. The first-order valence-electron chi connectivity index (χ1n) is 17.2. The number of benzene rings is 4. The van der Waals surface area contributed by atoms with Crippen molar-refractivity contribution in [1.29, 1.82) is 0 Å². The average molecular weight is 749 g/mol. The van der Waals surface area contributed by atoms with Crippen LogP contribution in [0.15, 0.2) is 110 Å². The van der Waals surface area contributed by atoms with Crippen molar-refractivity contribution in [3.63, 3.8) is 0 Å². The van der Waals surface area contributed by atoms with Crippen LogP contribution in [0.3, 0.4) is 0 Å². The van der Waals surface area contributed by atoms with Crippen molar-refractivity contribution in [2.24, 2.45) is 0 Å². The predicted octanol–water partition coefficient (Wildman–Crippen LogP) is 7.62. The Morgan fingerprint density at radius 2 is 1.02 bits per heavy atom. The lowest BCUT2D eigenvalue weighted by Gasteiger charge is -2.14. The van der Waals surface area contributed by atoms with Crippen LogP contribution >= 0.6 is 0 Å². The van der Waals surface area contributed by atoms with E-state index >= 15 is 0 Å². The molecule has 4 rings (SSSR count). The molecule has 0 atom stereocenters. The topological polar surface area (TPSA) is 158 Å². The fraction of sp³-hybridized carbons (Fsp3) is 0.209. The van der Waals surface area contributed by atoms with E-state index in [1.54, 1.807) is 24.3 Å².